The predicted octanol–water partition coefficient (Wildman–Crippen LogP) is 2.73. The number of hydrogen-bond acceptors (Lipinski definition) is 3. The third-order valence-corrected chi connectivity index (χ3v) is 4.09. The second-order valence-electron chi connectivity index (χ2n) is 6.07. The highest BCUT2D eigenvalue weighted by Gasteiger charge is 2.10. The Morgan fingerprint density at radius 1 is 1.12 bits per heavy atom. The van der Waals surface area contributed by atoms with Gasteiger partial charge in [-0.25, -0.2) is 4.98 Å². The van der Waals surface area contributed by atoms with Crippen LogP contribution in [0.5, 0.6) is 0 Å². The van der Waals surface area contributed by atoms with Gasteiger partial charge in [-0.3, -0.25) is 4.79 Å². The average molecular weight is 322 g/mol. The highest BCUT2D eigenvalue weighted by Crippen LogP contribution is 2.15. The van der Waals surface area contributed by atoms with E-state index < -0.39 is 0 Å². The van der Waals surface area contributed by atoms with Crippen molar-refractivity contribution in [1.29, 1.82) is 0 Å². The minimum atomic E-state index is -0.0158. The first-order valence-corrected chi connectivity index (χ1v) is 7.99. The number of aromatic nitrogens is 2. The van der Waals surface area contributed by atoms with Crippen LogP contribution in [0.1, 0.15) is 11.4 Å². The van der Waals surface area contributed by atoms with Crippen LogP contribution in [0, 0.1) is 6.92 Å². The zero-order valence-corrected chi connectivity index (χ0v) is 14.3. The van der Waals surface area contributed by atoms with Crippen molar-refractivity contribution in [2.75, 3.05) is 19.0 Å². The second kappa shape index (κ2) is 6.74. The first kappa shape index (κ1) is 16.1. The molecule has 0 radical (unpaired) electrons. The Hall–Kier alpha value is -2.82. The molecule has 0 saturated carbocycles. The lowest BCUT2D eigenvalue weighted by Gasteiger charge is -2.13. The fraction of sp³-hybridized carbons (Fsp3) is 0.263. The summed E-state index contributed by atoms with van der Waals surface area (Å²) in [5, 5.41) is 2.98. The van der Waals surface area contributed by atoms with Crippen molar-refractivity contribution < 1.29 is 4.79 Å². The number of benzene rings is 2. The zero-order chi connectivity index (χ0) is 17.1. The highest BCUT2D eigenvalue weighted by atomic mass is 16.1. The third kappa shape index (κ3) is 3.40. The van der Waals surface area contributed by atoms with Gasteiger partial charge in [0.2, 0.25) is 5.91 Å². The van der Waals surface area contributed by atoms with Gasteiger partial charge in [0.05, 0.1) is 11.0 Å². The van der Waals surface area contributed by atoms with E-state index in [2.05, 4.69) is 27.3 Å². The summed E-state index contributed by atoms with van der Waals surface area (Å²) in [6.45, 7) is 2.73. The molecule has 24 heavy (non-hydrogen) atoms. The summed E-state index contributed by atoms with van der Waals surface area (Å²) in [6.07, 6.45) is 0. The molecule has 0 saturated heterocycles. The molecule has 0 aliphatic heterocycles. The lowest BCUT2D eigenvalue weighted by molar-refractivity contribution is -0.121. The second-order valence-corrected chi connectivity index (χ2v) is 6.07. The fourth-order valence-corrected chi connectivity index (χ4v) is 2.71. The minimum Gasteiger partial charge on any atom is -0.378 e. The molecule has 2 aromatic carbocycles. The fourth-order valence-electron chi connectivity index (χ4n) is 2.71. The van der Waals surface area contributed by atoms with Crippen LogP contribution < -0.4 is 10.2 Å². The van der Waals surface area contributed by atoms with E-state index in [1.54, 1.807) is 0 Å². The van der Waals surface area contributed by atoms with E-state index in [0.29, 0.717) is 6.54 Å². The normalized spacial score (nSPS) is 10.8. The van der Waals surface area contributed by atoms with Gasteiger partial charge >= 0.3 is 0 Å². The molecular weight excluding hydrogens is 300 g/mol. The molecule has 3 rings (SSSR count). The molecule has 0 spiro atoms. The van der Waals surface area contributed by atoms with Crippen LogP contribution in [0.4, 0.5) is 5.69 Å². The number of imidazole rings is 1. The molecule has 0 aliphatic rings. The molecule has 0 fully saturated rings. The summed E-state index contributed by atoms with van der Waals surface area (Å²) >= 11 is 0. The van der Waals surface area contributed by atoms with Crippen molar-refractivity contribution in [3.63, 3.8) is 0 Å². The molecule has 1 N–H and O–H groups in total. The Morgan fingerprint density at radius 3 is 2.54 bits per heavy atom. The van der Waals surface area contributed by atoms with Gasteiger partial charge in [-0.2, -0.15) is 0 Å². The number of carbonyl (C=O) groups is 1. The Labute approximate surface area is 141 Å². The summed E-state index contributed by atoms with van der Waals surface area (Å²) in [4.78, 5) is 18.8. The monoisotopic (exact) mass is 322 g/mol. The Morgan fingerprint density at radius 2 is 1.83 bits per heavy atom. The van der Waals surface area contributed by atoms with Crippen molar-refractivity contribution in [3.8, 4) is 0 Å². The number of nitrogens with zero attached hydrogens (tertiary/aromatic N) is 3. The van der Waals surface area contributed by atoms with Gasteiger partial charge in [-0.05, 0) is 36.8 Å². The van der Waals surface area contributed by atoms with Crippen molar-refractivity contribution in [2.45, 2.75) is 20.0 Å². The van der Waals surface area contributed by atoms with E-state index in [4.69, 9.17) is 0 Å². The Bertz CT molecular complexity index is 849. The first-order valence-electron chi connectivity index (χ1n) is 7.99. The van der Waals surface area contributed by atoms with Crippen molar-refractivity contribution in [2.24, 2.45) is 0 Å². The van der Waals surface area contributed by atoms with Crippen LogP contribution >= 0.6 is 0 Å². The smallest absolute Gasteiger partial charge is 0.240 e. The third-order valence-electron chi connectivity index (χ3n) is 4.09. The highest BCUT2D eigenvalue weighted by molar-refractivity contribution is 5.81. The largest absolute Gasteiger partial charge is 0.378 e. The van der Waals surface area contributed by atoms with E-state index in [9.17, 15) is 4.79 Å². The maximum absolute atomic E-state index is 12.3. The van der Waals surface area contributed by atoms with E-state index >= 15 is 0 Å². The number of amides is 1. The topological polar surface area (TPSA) is 50.2 Å². The molecule has 1 amide bonds. The Balaban J connectivity index is 1.64. The van der Waals surface area contributed by atoms with Crippen molar-refractivity contribution in [1.82, 2.24) is 14.9 Å². The van der Waals surface area contributed by atoms with Gasteiger partial charge in [-0.1, -0.05) is 24.3 Å². The van der Waals surface area contributed by atoms with Crippen LogP contribution in [0.2, 0.25) is 0 Å². The van der Waals surface area contributed by atoms with Crippen LogP contribution in [0.25, 0.3) is 11.0 Å². The maximum Gasteiger partial charge on any atom is 0.240 e. The number of fused-ring (bicyclic) bond motifs is 1. The molecule has 5 nitrogen and oxygen atoms in total. The Kier molecular flexibility index (Phi) is 4.51. The number of para-hydroxylation sites is 2. The molecule has 0 bridgehead atoms. The molecule has 1 heterocycles. The van der Waals surface area contributed by atoms with Gasteiger partial charge in [0, 0.05) is 26.3 Å². The van der Waals surface area contributed by atoms with E-state index in [-0.39, 0.29) is 12.5 Å². The van der Waals surface area contributed by atoms with Gasteiger partial charge in [0.25, 0.3) is 0 Å². The molecule has 3 aromatic rings. The minimum absolute atomic E-state index is 0.0158. The number of nitrogens with one attached hydrogen (secondary N) is 1. The van der Waals surface area contributed by atoms with Gasteiger partial charge < -0.3 is 14.8 Å². The molecule has 0 unspecified atom stereocenters. The van der Waals surface area contributed by atoms with Crippen LogP contribution in [-0.4, -0.2) is 29.6 Å². The summed E-state index contributed by atoms with van der Waals surface area (Å²) < 4.78 is 1.94. The predicted molar refractivity (Wildman–Crippen MR) is 97.1 cm³/mol. The van der Waals surface area contributed by atoms with Crippen molar-refractivity contribution >= 4 is 22.6 Å². The summed E-state index contributed by atoms with van der Waals surface area (Å²) in [6, 6.07) is 16.0. The number of hydrogen-bond donors (Lipinski definition) is 1. The van der Waals surface area contributed by atoms with Gasteiger partial charge in [0.15, 0.2) is 0 Å². The number of anilines is 1. The zero-order valence-electron chi connectivity index (χ0n) is 14.3. The number of aryl methyl sites for hydroxylation is 1. The molecular formula is C19H22N4O. The number of rotatable bonds is 5. The lowest BCUT2D eigenvalue weighted by Crippen LogP contribution is -2.27. The molecule has 0 aliphatic carbocycles. The SMILES string of the molecule is Cc1nc2ccccc2n1CC(=O)NCc1ccc(N(C)C)cc1. The van der Waals surface area contributed by atoms with Crippen LogP contribution in [-0.2, 0) is 17.9 Å². The van der Waals surface area contributed by atoms with Gasteiger partial charge in [-0.15, -0.1) is 0 Å². The van der Waals surface area contributed by atoms with Crippen LogP contribution in [0.3, 0.4) is 0 Å². The van der Waals surface area contributed by atoms with E-state index in [0.717, 1.165) is 28.1 Å². The molecule has 1 aromatic heterocycles. The summed E-state index contributed by atoms with van der Waals surface area (Å²) in [5.41, 5.74) is 4.13. The number of carbonyl (C=O) groups excluding carboxylic acids is 1. The first-order chi connectivity index (χ1) is 11.5. The summed E-state index contributed by atoms with van der Waals surface area (Å²) in [7, 11) is 4.02. The lowest BCUT2D eigenvalue weighted by atomic mass is 10.2. The van der Waals surface area contributed by atoms with E-state index in [1.807, 2.05) is 62.0 Å². The van der Waals surface area contributed by atoms with Crippen molar-refractivity contribution in [3.05, 3.63) is 59.9 Å². The molecule has 5 heteroatoms. The van der Waals surface area contributed by atoms with E-state index in [1.165, 1.54) is 0 Å². The standard InChI is InChI=1S/C19H22N4O/c1-14-21-17-6-4-5-7-18(17)23(14)13-19(24)20-12-15-8-10-16(11-9-15)22(2)3/h4-11H,12-13H2,1-3H3,(H,20,24). The molecule has 0 atom stereocenters. The maximum atomic E-state index is 12.3. The van der Waals surface area contributed by atoms with Gasteiger partial charge in [0.1, 0.15) is 12.4 Å². The average Bonchev–Trinajstić information content (AvgIpc) is 2.89. The molecule has 124 valence electrons. The summed E-state index contributed by atoms with van der Waals surface area (Å²) in [5.74, 6) is 0.833. The quantitative estimate of drug-likeness (QED) is 0.786. The van der Waals surface area contributed by atoms with Crippen LogP contribution in [0.15, 0.2) is 48.5 Å².